The van der Waals surface area contributed by atoms with Crippen LogP contribution in [0.2, 0.25) is 0 Å². The molecule has 2 aromatic rings. The van der Waals surface area contributed by atoms with E-state index in [0.717, 1.165) is 30.4 Å². The first-order valence-electron chi connectivity index (χ1n) is 8.59. The van der Waals surface area contributed by atoms with Crippen molar-refractivity contribution in [1.82, 2.24) is 5.32 Å². The summed E-state index contributed by atoms with van der Waals surface area (Å²) < 4.78 is 5.41. The molecule has 0 heterocycles. The average Bonchev–Trinajstić information content (AvgIpc) is 2.59. The summed E-state index contributed by atoms with van der Waals surface area (Å²) >= 11 is 0. The molecule has 128 valence electrons. The topological polar surface area (TPSA) is 61.7 Å². The van der Waals surface area contributed by atoms with Gasteiger partial charge in [-0.2, -0.15) is 0 Å². The number of nitrogens with one attached hydrogen (secondary N) is 1. The molecular formula is C20H25NO3. The predicted octanol–water partition coefficient (Wildman–Crippen LogP) is 3.10. The molecule has 0 aliphatic heterocycles. The van der Waals surface area contributed by atoms with E-state index < -0.39 is 5.60 Å². The lowest BCUT2D eigenvalue weighted by Crippen LogP contribution is -2.40. The van der Waals surface area contributed by atoms with Crippen LogP contribution in [-0.2, 0) is 18.6 Å². The Balaban J connectivity index is 1.68. The summed E-state index contributed by atoms with van der Waals surface area (Å²) in [5.74, 6) is 0.668. The molecule has 4 nitrogen and oxygen atoms in total. The van der Waals surface area contributed by atoms with Gasteiger partial charge in [-0.05, 0) is 43.4 Å². The molecule has 0 bridgehead atoms. The number of aryl methyl sites for hydroxylation is 1. The molecule has 0 amide bonds. The first-order chi connectivity index (χ1) is 11.6. The lowest BCUT2D eigenvalue weighted by atomic mass is 9.79. The van der Waals surface area contributed by atoms with Gasteiger partial charge >= 0.3 is 0 Å². The first kappa shape index (κ1) is 16.8. The van der Waals surface area contributed by atoms with Crippen molar-refractivity contribution >= 4 is 0 Å². The van der Waals surface area contributed by atoms with Gasteiger partial charge in [0.05, 0.1) is 6.61 Å². The summed E-state index contributed by atoms with van der Waals surface area (Å²) in [7, 11) is 0. The van der Waals surface area contributed by atoms with E-state index in [1.165, 1.54) is 5.56 Å². The Bertz CT molecular complexity index is 701. The van der Waals surface area contributed by atoms with Crippen molar-refractivity contribution in [2.45, 2.75) is 38.3 Å². The van der Waals surface area contributed by atoms with E-state index in [1.807, 2.05) is 37.3 Å². The fourth-order valence-electron chi connectivity index (χ4n) is 3.47. The van der Waals surface area contributed by atoms with Crippen LogP contribution in [-0.4, -0.2) is 23.4 Å². The molecule has 24 heavy (non-hydrogen) atoms. The minimum absolute atomic E-state index is 0.169. The van der Waals surface area contributed by atoms with Crippen molar-refractivity contribution < 1.29 is 14.9 Å². The number of aliphatic hydroxyl groups is 1. The van der Waals surface area contributed by atoms with Crippen LogP contribution in [0.4, 0.5) is 0 Å². The van der Waals surface area contributed by atoms with Gasteiger partial charge in [-0.25, -0.2) is 0 Å². The van der Waals surface area contributed by atoms with E-state index in [4.69, 9.17) is 4.74 Å². The number of rotatable bonds is 6. The highest BCUT2D eigenvalue weighted by molar-refractivity contribution is 5.45. The van der Waals surface area contributed by atoms with E-state index in [1.54, 1.807) is 6.07 Å². The highest BCUT2D eigenvalue weighted by Gasteiger charge is 2.33. The third-order valence-electron chi connectivity index (χ3n) is 4.67. The average molecular weight is 327 g/mol. The molecule has 3 N–H and O–H groups in total. The largest absolute Gasteiger partial charge is 0.504 e. The molecule has 0 aromatic heterocycles. The fraction of sp³-hybridized carbons (Fsp3) is 0.400. The molecule has 1 aliphatic carbocycles. The zero-order valence-electron chi connectivity index (χ0n) is 14.1. The minimum Gasteiger partial charge on any atom is -0.504 e. The summed E-state index contributed by atoms with van der Waals surface area (Å²) in [6, 6.07) is 13.6. The standard InChI is InChI=1S/C20H25NO3/c1-2-24-18-11-5-8-16(19(18)22)13-21-14-20(23)12-6-9-15-7-3-4-10-17(15)20/h3-5,7-8,10-11,21-23H,2,6,9,12-14H2,1H3. The number of fused-ring (bicyclic) bond motifs is 1. The number of phenols is 1. The van der Waals surface area contributed by atoms with Crippen molar-refractivity contribution in [3.05, 3.63) is 59.2 Å². The Kier molecular flexibility index (Phi) is 5.07. The van der Waals surface area contributed by atoms with Crippen LogP contribution >= 0.6 is 0 Å². The summed E-state index contributed by atoms with van der Waals surface area (Å²) in [6.07, 6.45) is 2.76. The number of para-hydroxylation sites is 1. The van der Waals surface area contributed by atoms with Crippen molar-refractivity contribution in [1.29, 1.82) is 0 Å². The van der Waals surface area contributed by atoms with Crippen molar-refractivity contribution in [3.63, 3.8) is 0 Å². The number of aromatic hydroxyl groups is 1. The van der Waals surface area contributed by atoms with Crippen LogP contribution in [0, 0.1) is 0 Å². The van der Waals surface area contributed by atoms with Crippen LogP contribution in [0.15, 0.2) is 42.5 Å². The van der Waals surface area contributed by atoms with Gasteiger partial charge in [-0.1, -0.05) is 36.4 Å². The molecular weight excluding hydrogens is 302 g/mol. The number of benzene rings is 2. The van der Waals surface area contributed by atoms with Crippen molar-refractivity contribution in [3.8, 4) is 11.5 Å². The fourth-order valence-corrected chi connectivity index (χ4v) is 3.47. The Morgan fingerprint density at radius 2 is 2.00 bits per heavy atom. The molecule has 0 saturated heterocycles. The van der Waals surface area contributed by atoms with E-state index >= 15 is 0 Å². The lowest BCUT2D eigenvalue weighted by Gasteiger charge is -2.34. The molecule has 3 rings (SSSR count). The predicted molar refractivity (Wildman–Crippen MR) is 94.3 cm³/mol. The smallest absolute Gasteiger partial charge is 0.162 e. The number of phenolic OH excluding ortho intramolecular Hbond substituents is 1. The zero-order valence-corrected chi connectivity index (χ0v) is 14.1. The minimum atomic E-state index is -0.845. The second-order valence-corrected chi connectivity index (χ2v) is 6.34. The molecule has 0 radical (unpaired) electrons. The second-order valence-electron chi connectivity index (χ2n) is 6.34. The molecule has 0 fully saturated rings. The lowest BCUT2D eigenvalue weighted by molar-refractivity contribution is 0.0189. The van der Waals surface area contributed by atoms with E-state index in [0.29, 0.717) is 25.4 Å². The summed E-state index contributed by atoms with van der Waals surface area (Å²) in [5.41, 5.74) is 2.18. The maximum atomic E-state index is 11.1. The van der Waals surface area contributed by atoms with Crippen molar-refractivity contribution in [2.24, 2.45) is 0 Å². The Hall–Kier alpha value is -2.04. The van der Waals surface area contributed by atoms with Gasteiger partial charge in [0, 0.05) is 18.7 Å². The molecule has 0 spiro atoms. The van der Waals surface area contributed by atoms with E-state index in [2.05, 4.69) is 11.4 Å². The molecule has 0 saturated carbocycles. The Morgan fingerprint density at radius 1 is 1.17 bits per heavy atom. The quantitative estimate of drug-likeness (QED) is 0.763. The normalized spacial score (nSPS) is 19.8. The van der Waals surface area contributed by atoms with Crippen LogP contribution in [0.5, 0.6) is 11.5 Å². The van der Waals surface area contributed by atoms with Gasteiger partial charge < -0.3 is 20.3 Å². The summed E-state index contributed by atoms with van der Waals surface area (Å²) in [4.78, 5) is 0. The highest BCUT2D eigenvalue weighted by atomic mass is 16.5. The van der Waals surface area contributed by atoms with Gasteiger partial charge in [0.15, 0.2) is 11.5 Å². The first-order valence-corrected chi connectivity index (χ1v) is 8.59. The van der Waals surface area contributed by atoms with Gasteiger partial charge in [-0.3, -0.25) is 0 Å². The third-order valence-corrected chi connectivity index (χ3v) is 4.67. The summed E-state index contributed by atoms with van der Waals surface area (Å²) in [6.45, 7) is 3.35. The van der Waals surface area contributed by atoms with Crippen molar-refractivity contribution in [2.75, 3.05) is 13.2 Å². The van der Waals surface area contributed by atoms with E-state index in [9.17, 15) is 10.2 Å². The van der Waals surface area contributed by atoms with Crippen LogP contribution in [0.3, 0.4) is 0 Å². The van der Waals surface area contributed by atoms with Crippen LogP contribution in [0.25, 0.3) is 0 Å². The molecule has 1 atom stereocenters. The van der Waals surface area contributed by atoms with Crippen LogP contribution in [0.1, 0.15) is 36.5 Å². The van der Waals surface area contributed by atoms with Gasteiger partial charge in [-0.15, -0.1) is 0 Å². The third kappa shape index (κ3) is 3.40. The highest BCUT2D eigenvalue weighted by Crippen LogP contribution is 2.35. The van der Waals surface area contributed by atoms with Crippen LogP contribution < -0.4 is 10.1 Å². The Labute approximate surface area is 143 Å². The number of hydrogen-bond donors (Lipinski definition) is 3. The molecule has 1 aliphatic rings. The SMILES string of the molecule is CCOc1cccc(CNCC2(O)CCCc3ccccc32)c1O. The van der Waals surface area contributed by atoms with E-state index in [-0.39, 0.29) is 5.75 Å². The van der Waals surface area contributed by atoms with Gasteiger partial charge in [0.25, 0.3) is 0 Å². The maximum Gasteiger partial charge on any atom is 0.162 e. The molecule has 2 aromatic carbocycles. The van der Waals surface area contributed by atoms with Gasteiger partial charge in [0.2, 0.25) is 0 Å². The zero-order chi connectivity index (χ0) is 17.0. The Morgan fingerprint density at radius 3 is 2.83 bits per heavy atom. The second kappa shape index (κ2) is 7.24. The van der Waals surface area contributed by atoms with Gasteiger partial charge in [0.1, 0.15) is 5.60 Å². The monoisotopic (exact) mass is 327 g/mol. The molecule has 1 unspecified atom stereocenters. The summed E-state index contributed by atoms with van der Waals surface area (Å²) in [5, 5.41) is 24.6. The number of ether oxygens (including phenoxy) is 1. The maximum absolute atomic E-state index is 11.1. The number of hydrogen-bond acceptors (Lipinski definition) is 4. The molecule has 4 heteroatoms.